The molecule has 0 saturated carbocycles. The highest BCUT2D eigenvalue weighted by molar-refractivity contribution is 6.40. The average molecular weight is 318 g/mol. The standard InChI is InChI=1S/C20H18N2O2/c1-14-9-11-15(12-10-14)13-21-19(23)20(24)22-18-8-4-6-16-5-2-3-7-17(16)18/h2-12H,13H2,1H3,(H,21,23)(H,22,24). The lowest BCUT2D eigenvalue weighted by Crippen LogP contribution is -2.35. The van der Waals surface area contributed by atoms with Crippen LogP contribution < -0.4 is 10.6 Å². The first kappa shape index (κ1) is 15.7. The minimum absolute atomic E-state index is 0.321. The fourth-order valence-electron chi connectivity index (χ4n) is 2.48. The van der Waals surface area contributed by atoms with E-state index in [-0.39, 0.29) is 0 Å². The number of benzene rings is 3. The molecule has 0 aliphatic carbocycles. The van der Waals surface area contributed by atoms with Crippen molar-refractivity contribution in [1.82, 2.24) is 5.32 Å². The average Bonchev–Trinajstić information content (AvgIpc) is 2.61. The van der Waals surface area contributed by atoms with E-state index in [0.29, 0.717) is 12.2 Å². The zero-order valence-electron chi connectivity index (χ0n) is 13.4. The molecule has 0 aliphatic heterocycles. The largest absolute Gasteiger partial charge is 0.344 e. The van der Waals surface area contributed by atoms with Crippen molar-refractivity contribution >= 4 is 28.3 Å². The summed E-state index contributed by atoms with van der Waals surface area (Å²) in [6.07, 6.45) is 0. The van der Waals surface area contributed by atoms with Gasteiger partial charge in [-0.2, -0.15) is 0 Å². The number of anilines is 1. The summed E-state index contributed by atoms with van der Waals surface area (Å²) in [4.78, 5) is 24.1. The van der Waals surface area contributed by atoms with Gasteiger partial charge >= 0.3 is 11.8 Å². The van der Waals surface area contributed by atoms with Crippen LogP contribution in [0.2, 0.25) is 0 Å². The molecule has 120 valence electrons. The van der Waals surface area contributed by atoms with Gasteiger partial charge in [0.15, 0.2) is 0 Å². The highest BCUT2D eigenvalue weighted by atomic mass is 16.2. The summed E-state index contributed by atoms with van der Waals surface area (Å²) in [5.41, 5.74) is 2.73. The molecule has 2 amide bonds. The molecule has 24 heavy (non-hydrogen) atoms. The van der Waals surface area contributed by atoms with E-state index in [1.54, 1.807) is 6.07 Å². The quantitative estimate of drug-likeness (QED) is 0.727. The van der Waals surface area contributed by atoms with Gasteiger partial charge in [0, 0.05) is 17.6 Å². The van der Waals surface area contributed by atoms with Crippen LogP contribution in [-0.2, 0) is 16.1 Å². The molecule has 0 heterocycles. The molecule has 3 rings (SSSR count). The third kappa shape index (κ3) is 3.60. The van der Waals surface area contributed by atoms with Crippen molar-refractivity contribution in [3.63, 3.8) is 0 Å². The van der Waals surface area contributed by atoms with Crippen molar-refractivity contribution < 1.29 is 9.59 Å². The van der Waals surface area contributed by atoms with Gasteiger partial charge in [-0.3, -0.25) is 9.59 Å². The van der Waals surface area contributed by atoms with Crippen molar-refractivity contribution in [2.45, 2.75) is 13.5 Å². The molecule has 0 unspecified atom stereocenters. The minimum atomic E-state index is -0.668. The number of rotatable bonds is 3. The van der Waals surface area contributed by atoms with Gasteiger partial charge in [-0.1, -0.05) is 66.2 Å². The van der Waals surface area contributed by atoms with Crippen molar-refractivity contribution in [3.05, 3.63) is 77.9 Å². The van der Waals surface area contributed by atoms with Crippen molar-refractivity contribution in [2.75, 3.05) is 5.32 Å². The van der Waals surface area contributed by atoms with Gasteiger partial charge < -0.3 is 10.6 Å². The minimum Gasteiger partial charge on any atom is -0.344 e. The Morgan fingerprint density at radius 2 is 1.54 bits per heavy atom. The van der Waals surface area contributed by atoms with Crippen LogP contribution in [0.3, 0.4) is 0 Å². The first-order valence-corrected chi connectivity index (χ1v) is 7.76. The van der Waals surface area contributed by atoms with Gasteiger partial charge in [0.05, 0.1) is 0 Å². The molecule has 0 saturated heterocycles. The van der Waals surface area contributed by atoms with Crippen LogP contribution in [0.4, 0.5) is 5.69 Å². The summed E-state index contributed by atoms with van der Waals surface area (Å²) < 4.78 is 0. The molecule has 0 aliphatic rings. The van der Waals surface area contributed by atoms with E-state index in [1.165, 1.54) is 0 Å². The van der Waals surface area contributed by atoms with Crippen LogP contribution in [0.5, 0.6) is 0 Å². The van der Waals surface area contributed by atoms with Gasteiger partial charge in [0.2, 0.25) is 0 Å². The Hall–Kier alpha value is -3.14. The van der Waals surface area contributed by atoms with Gasteiger partial charge in [-0.15, -0.1) is 0 Å². The molecule has 0 fully saturated rings. The maximum Gasteiger partial charge on any atom is 0.313 e. The molecular formula is C20H18N2O2. The molecule has 0 spiro atoms. The predicted molar refractivity (Wildman–Crippen MR) is 95.6 cm³/mol. The summed E-state index contributed by atoms with van der Waals surface area (Å²) in [5.74, 6) is -1.32. The molecule has 0 aromatic heterocycles. The maximum absolute atomic E-state index is 12.1. The lowest BCUT2D eigenvalue weighted by molar-refractivity contribution is -0.136. The van der Waals surface area contributed by atoms with Crippen LogP contribution in [0.15, 0.2) is 66.7 Å². The number of carbonyl (C=O) groups excluding carboxylic acids is 2. The number of nitrogens with one attached hydrogen (secondary N) is 2. The Labute approximate surface area is 140 Å². The van der Waals surface area contributed by atoms with Crippen molar-refractivity contribution in [1.29, 1.82) is 0 Å². The second-order valence-electron chi connectivity index (χ2n) is 5.65. The molecule has 0 radical (unpaired) electrons. The second-order valence-corrected chi connectivity index (χ2v) is 5.65. The van der Waals surface area contributed by atoms with E-state index in [0.717, 1.165) is 21.9 Å². The number of fused-ring (bicyclic) bond motifs is 1. The zero-order chi connectivity index (χ0) is 16.9. The summed E-state index contributed by atoms with van der Waals surface area (Å²) in [7, 11) is 0. The zero-order valence-corrected chi connectivity index (χ0v) is 13.4. The topological polar surface area (TPSA) is 58.2 Å². The van der Waals surface area contributed by atoms with E-state index in [2.05, 4.69) is 10.6 Å². The number of amides is 2. The fraction of sp³-hybridized carbons (Fsp3) is 0.100. The summed E-state index contributed by atoms with van der Waals surface area (Å²) in [6.45, 7) is 2.32. The Bertz CT molecular complexity index is 880. The lowest BCUT2D eigenvalue weighted by Gasteiger charge is -2.09. The fourth-order valence-corrected chi connectivity index (χ4v) is 2.48. The third-order valence-electron chi connectivity index (χ3n) is 3.82. The number of aryl methyl sites for hydroxylation is 1. The Morgan fingerprint density at radius 3 is 2.33 bits per heavy atom. The smallest absolute Gasteiger partial charge is 0.313 e. The van der Waals surface area contributed by atoms with E-state index < -0.39 is 11.8 Å². The second kappa shape index (κ2) is 6.96. The summed E-state index contributed by atoms with van der Waals surface area (Å²) >= 11 is 0. The van der Waals surface area contributed by atoms with E-state index in [4.69, 9.17) is 0 Å². The first-order valence-electron chi connectivity index (χ1n) is 7.76. The van der Waals surface area contributed by atoms with Gasteiger partial charge in [0.1, 0.15) is 0 Å². The maximum atomic E-state index is 12.1. The molecular weight excluding hydrogens is 300 g/mol. The van der Waals surface area contributed by atoms with Crippen LogP contribution in [0.25, 0.3) is 10.8 Å². The van der Waals surface area contributed by atoms with Gasteiger partial charge in [-0.05, 0) is 23.9 Å². The summed E-state index contributed by atoms with van der Waals surface area (Å²) in [6, 6.07) is 21.1. The number of carbonyl (C=O) groups is 2. The molecule has 0 bridgehead atoms. The molecule has 3 aromatic rings. The Kier molecular flexibility index (Phi) is 4.57. The summed E-state index contributed by atoms with van der Waals surface area (Å²) in [5, 5.41) is 7.23. The normalized spacial score (nSPS) is 10.4. The van der Waals surface area contributed by atoms with Gasteiger partial charge in [-0.25, -0.2) is 0 Å². The Morgan fingerprint density at radius 1 is 0.833 bits per heavy atom. The SMILES string of the molecule is Cc1ccc(CNC(=O)C(=O)Nc2cccc3ccccc23)cc1. The molecule has 0 atom stereocenters. The molecule has 3 aromatic carbocycles. The van der Waals surface area contributed by atoms with Gasteiger partial charge in [0.25, 0.3) is 0 Å². The van der Waals surface area contributed by atoms with Crippen LogP contribution in [0.1, 0.15) is 11.1 Å². The van der Waals surface area contributed by atoms with Crippen LogP contribution >= 0.6 is 0 Å². The third-order valence-corrected chi connectivity index (χ3v) is 3.82. The Balaban J connectivity index is 1.65. The van der Waals surface area contributed by atoms with E-state index in [1.807, 2.05) is 67.6 Å². The van der Waals surface area contributed by atoms with Crippen LogP contribution in [-0.4, -0.2) is 11.8 Å². The number of hydrogen-bond donors (Lipinski definition) is 2. The highest BCUT2D eigenvalue weighted by Crippen LogP contribution is 2.22. The van der Waals surface area contributed by atoms with Crippen molar-refractivity contribution in [3.8, 4) is 0 Å². The molecule has 2 N–H and O–H groups in total. The monoisotopic (exact) mass is 318 g/mol. The lowest BCUT2D eigenvalue weighted by atomic mass is 10.1. The van der Waals surface area contributed by atoms with Crippen LogP contribution in [0, 0.1) is 6.92 Å². The van der Waals surface area contributed by atoms with E-state index in [9.17, 15) is 9.59 Å². The van der Waals surface area contributed by atoms with E-state index >= 15 is 0 Å². The molecule has 4 heteroatoms. The predicted octanol–water partition coefficient (Wildman–Crippen LogP) is 3.40. The molecule has 4 nitrogen and oxygen atoms in total. The number of hydrogen-bond acceptors (Lipinski definition) is 2. The highest BCUT2D eigenvalue weighted by Gasteiger charge is 2.14. The van der Waals surface area contributed by atoms with Crippen molar-refractivity contribution in [2.24, 2.45) is 0 Å². The first-order chi connectivity index (χ1) is 11.6.